The largest absolute Gasteiger partial charge is 0.379 e. The molecule has 1 aliphatic heterocycles. The van der Waals surface area contributed by atoms with Gasteiger partial charge in [0.2, 0.25) is 10.0 Å². The number of rotatable bonds is 3. The summed E-state index contributed by atoms with van der Waals surface area (Å²) in [7, 11) is -3.78. The van der Waals surface area contributed by atoms with Gasteiger partial charge < -0.3 is 10.5 Å². The molecule has 0 radical (unpaired) electrons. The molecule has 7 heteroatoms. The van der Waals surface area contributed by atoms with Crippen LogP contribution in [-0.4, -0.2) is 39.0 Å². The van der Waals surface area contributed by atoms with E-state index in [1.807, 2.05) is 0 Å². The molecule has 18 heavy (non-hydrogen) atoms. The minimum atomic E-state index is -3.78. The maximum atomic E-state index is 13.8. The minimum absolute atomic E-state index is 0.175. The number of nitrogens with zero attached hydrogens (tertiary/aromatic N) is 1. The lowest BCUT2D eigenvalue weighted by molar-refractivity contribution is 0.0729. The van der Waals surface area contributed by atoms with Crippen LogP contribution < -0.4 is 5.73 Å². The van der Waals surface area contributed by atoms with Crippen LogP contribution >= 0.6 is 0 Å². The van der Waals surface area contributed by atoms with Crippen LogP contribution in [0.1, 0.15) is 5.56 Å². The Morgan fingerprint density at radius 1 is 1.33 bits per heavy atom. The second kappa shape index (κ2) is 5.31. The van der Waals surface area contributed by atoms with Crippen molar-refractivity contribution in [2.24, 2.45) is 5.73 Å². The monoisotopic (exact) mass is 274 g/mol. The van der Waals surface area contributed by atoms with Gasteiger partial charge in [0.1, 0.15) is 10.7 Å². The number of morpholine rings is 1. The van der Waals surface area contributed by atoms with Crippen molar-refractivity contribution in [2.75, 3.05) is 26.3 Å². The molecule has 0 spiro atoms. The van der Waals surface area contributed by atoms with Crippen LogP contribution in [0.2, 0.25) is 0 Å². The molecule has 1 saturated heterocycles. The van der Waals surface area contributed by atoms with E-state index in [4.69, 9.17) is 10.5 Å². The van der Waals surface area contributed by atoms with Gasteiger partial charge in [0.05, 0.1) is 13.2 Å². The second-order valence-electron chi connectivity index (χ2n) is 3.99. The number of sulfonamides is 1. The van der Waals surface area contributed by atoms with Gasteiger partial charge in [0, 0.05) is 19.6 Å². The van der Waals surface area contributed by atoms with Gasteiger partial charge in [-0.3, -0.25) is 0 Å². The van der Waals surface area contributed by atoms with E-state index in [0.29, 0.717) is 18.8 Å². The van der Waals surface area contributed by atoms with Gasteiger partial charge in [-0.2, -0.15) is 4.31 Å². The highest BCUT2D eigenvalue weighted by atomic mass is 32.2. The molecule has 0 saturated carbocycles. The van der Waals surface area contributed by atoms with Crippen molar-refractivity contribution in [3.8, 4) is 0 Å². The van der Waals surface area contributed by atoms with Gasteiger partial charge >= 0.3 is 0 Å². The van der Waals surface area contributed by atoms with E-state index in [1.54, 1.807) is 0 Å². The van der Waals surface area contributed by atoms with Gasteiger partial charge in [0.15, 0.2) is 0 Å². The Kier molecular flexibility index (Phi) is 3.96. The molecule has 100 valence electrons. The summed E-state index contributed by atoms with van der Waals surface area (Å²) in [6, 6.07) is 3.95. The lowest BCUT2D eigenvalue weighted by atomic mass is 10.2. The van der Waals surface area contributed by atoms with Crippen LogP contribution in [-0.2, 0) is 21.3 Å². The number of halogens is 1. The maximum absolute atomic E-state index is 13.8. The Balaban J connectivity index is 2.34. The first-order valence-corrected chi connectivity index (χ1v) is 7.06. The molecule has 2 rings (SSSR count). The van der Waals surface area contributed by atoms with Gasteiger partial charge in [-0.05, 0) is 17.7 Å². The normalized spacial score (nSPS) is 17.9. The lowest BCUT2D eigenvalue weighted by Crippen LogP contribution is -2.40. The molecule has 1 aliphatic rings. The quantitative estimate of drug-likeness (QED) is 0.860. The fourth-order valence-electron chi connectivity index (χ4n) is 1.81. The average molecular weight is 274 g/mol. The summed E-state index contributed by atoms with van der Waals surface area (Å²) < 4.78 is 44.5. The van der Waals surface area contributed by atoms with Crippen molar-refractivity contribution >= 4 is 10.0 Å². The molecule has 1 aromatic rings. The molecule has 0 bridgehead atoms. The van der Waals surface area contributed by atoms with E-state index in [9.17, 15) is 12.8 Å². The third kappa shape index (κ3) is 2.54. The first kappa shape index (κ1) is 13.4. The summed E-state index contributed by atoms with van der Waals surface area (Å²) in [4.78, 5) is -0.304. The number of hydrogen-bond donors (Lipinski definition) is 1. The number of ether oxygens (including phenoxy) is 1. The van der Waals surface area contributed by atoms with Gasteiger partial charge in [-0.1, -0.05) is 6.07 Å². The van der Waals surface area contributed by atoms with E-state index < -0.39 is 15.8 Å². The molecule has 0 aromatic heterocycles. The van der Waals surface area contributed by atoms with E-state index in [2.05, 4.69) is 0 Å². The Morgan fingerprint density at radius 3 is 2.56 bits per heavy atom. The van der Waals surface area contributed by atoms with Gasteiger partial charge in [-0.15, -0.1) is 0 Å². The van der Waals surface area contributed by atoms with Crippen LogP contribution in [0.3, 0.4) is 0 Å². The number of benzene rings is 1. The molecule has 0 unspecified atom stereocenters. The molecule has 0 amide bonds. The molecular weight excluding hydrogens is 259 g/mol. The Morgan fingerprint density at radius 2 is 2.00 bits per heavy atom. The van der Waals surface area contributed by atoms with Crippen molar-refractivity contribution < 1.29 is 17.5 Å². The predicted molar refractivity (Wildman–Crippen MR) is 63.9 cm³/mol. The first-order valence-electron chi connectivity index (χ1n) is 5.62. The fraction of sp³-hybridized carbons (Fsp3) is 0.455. The van der Waals surface area contributed by atoms with Crippen molar-refractivity contribution in [3.63, 3.8) is 0 Å². The number of hydrogen-bond acceptors (Lipinski definition) is 4. The third-order valence-electron chi connectivity index (χ3n) is 2.82. The number of nitrogens with two attached hydrogens (primary N) is 1. The Hall–Kier alpha value is -1.02. The smallest absolute Gasteiger partial charge is 0.246 e. The van der Waals surface area contributed by atoms with Crippen LogP contribution in [0.15, 0.2) is 23.1 Å². The lowest BCUT2D eigenvalue weighted by Gasteiger charge is -2.26. The van der Waals surface area contributed by atoms with Crippen molar-refractivity contribution in [1.29, 1.82) is 0 Å². The van der Waals surface area contributed by atoms with Gasteiger partial charge in [-0.25, -0.2) is 12.8 Å². The first-order chi connectivity index (χ1) is 8.55. The van der Waals surface area contributed by atoms with E-state index >= 15 is 0 Å². The fourth-order valence-corrected chi connectivity index (χ4v) is 3.26. The summed E-state index contributed by atoms with van der Waals surface area (Å²) in [6.07, 6.45) is 0. The summed E-state index contributed by atoms with van der Waals surface area (Å²) in [5, 5.41) is 0. The van der Waals surface area contributed by atoms with Crippen molar-refractivity contribution in [2.45, 2.75) is 11.4 Å². The molecule has 0 atom stereocenters. The van der Waals surface area contributed by atoms with Gasteiger partial charge in [0.25, 0.3) is 0 Å². The van der Waals surface area contributed by atoms with Crippen LogP contribution in [0.25, 0.3) is 0 Å². The molecule has 2 N–H and O–H groups in total. The molecule has 1 heterocycles. The summed E-state index contributed by atoms with van der Waals surface area (Å²) in [5.41, 5.74) is 5.94. The molecule has 0 aliphatic carbocycles. The SMILES string of the molecule is NCc1ccc(S(=O)(=O)N2CCOCC2)c(F)c1. The highest BCUT2D eigenvalue weighted by Gasteiger charge is 2.28. The van der Waals surface area contributed by atoms with Crippen molar-refractivity contribution in [1.82, 2.24) is 4.31 Å². The second-order valence-corrected chi connectivity index (χ2v) is 5.89. The topological polar surface area (TPSA) is 72.6 Å². The van der Waals surface area contributed by atoms with E-state index in [1.165, 1.54) is 16.4 Å². The summed E-state index contributed by atoms with van der Waals surface area (Å²) >= 11 is 0. The highest BCUT2D eigenvalue weighted by molar-refractivity contribution is 7.89. The summed E-state index contributed by atoms with van der Waals surface area (Å²) in [6.45, 7) is 1.35. The standard InChI is InChI=1S/C11H15FN2O3S/c12-10-7-9(8-13)1-2-11(10)18(15,16)14-3-5-17-6-4-14/h1-2,7H,3-6,8,13H2. The maximum Gasteiger partial charge on any atom is 0.246 e. The van der Waals surface area contributed by atoms with Crippen LogP contribution in [0.5, 0.6) is 0 Å². The molecule has 5 nitrogen and oxygen atoms in total. The molecular formula is C11H15FN2O3S. The average Bonchev–Trinajstić information content (AvgIpc) is 2.39. The zero-order valence-electron chi connectivity index (χ0n) is 9.80. The zero-order chi connectivity index (χ0) is 13.2. The van der Waals surface area contributed by atoms with Crippen LogP contribution in [0.4, 0.5) is 4.39 Å². The Labute approximate surface area is 105 Å². The predicted octanol–water partition coefficient (Wildman–Crippen LogP) is 0.305. The minimum Gasteiger partial charge on any atom is -0.379 e. The zero-order valence-corrected chi connectivity index (χ0v) is 10.6. The molecule has 1 fully saturated rings. The highest BCUT2D eigenvalue weighted by Crippen LogP contribution is 2.21. The molecule has 1 aromatic carbocycles. The van der Waals surface area contributed by atoms with Crippen molar-refractivity contribution in [3.05, 3.63) is 29.6 Å². The van der Waals surface area contributed by atoms with E-state index in [0.717, 1.165) is 6.07 Å². The summed E-state index contributed by atoms with van der Waals surface area (Å²) in [5.74, 6) is -0.760. The van der Waals surface area contributed by atoms with E-state index in [-0.39, 0.29) is 24.5 Å². The van der Waals surface area contributed by atoms with Crippen LogP contribution in [0, 0.1) is 5.82 Å². The Bertz CT molecular complexity index is 527. The third-order valence-corrected chi connectivity index (χ3v) is 4.75.